The molecule has 0 aliphatic carbocycles. The molecular weight excluding hydrogens is 502 g/mol. The van der Waals surface area contributed by atoms with Gasteiger partial charge < -0.3 is 24.6 Å². The van der Waals surface area contributed by atoms with Gasteiger partial charge in [-0.25, -0.2) is 0 Å². The van der Waals surface area contributed by atoms with Crippen molar-refractivity contribution in [2.45, 2.75) is 64.0 Å². The molecule has 2 heterocycles. The first-order chi connectivity index (χ1) is 18.3. The number of carbonyl (C=O) groups is 2. The zero-order chi connectivity index (χ0) is 27.3. The topological polar surface area (TPSA) is 71.1 Å². The van der Waals surface area contributed by atoms with Crippen molar-refractivity contribution in [3.63, 3.8) is 0 Å². The maximum absolute atomic E-state index is 14.1. The van der Waals surface area contributed by atoms with Crippen LogP contribution in [0.1, 0.15) is 62.7 Å². The number of amides is 2. The van der Waals surface area contributed by atoms with Gasteiger partial charge in [-0.3, -0.25) is 9.59 Å². The Hall–Kier alpha value is -2.77. The van der Waals surface area contributed by atoms with Crippen molar-refractivity contribution in [2.75, 3.05) is 39.2 Å². The third-order valence-electron chi connectivity index (χ3n) is 8.36. The summed E-state index contributed by atoms with van der Waals surface area (Å²) in [5.74, 6) is 1.07. The molecule has 2 aromatic carbocycles. The van der Waals surface area contributed by atoms with Gasteiger partial charge in [0, 0.05) is 47.1 Å². The molecule has 0 saturated carbocycles. The first-order valence-corrected chi connectivity index (χ1v) is 14.0. The SMILES string of the molecule is CC[C@](C)(C(=O)Nc1cc(OC)cc(OC)c1)N(C[C@H]1CCCN2CCCC[C@@H]12)C(=O)c1ccc(Cl)cc1. The molecule has 0 spiro atoms. The molecule has 38 heavy (non-hydrogen) atoms. The molecule has 0 aromatic heterocycles. The second kappa shape index (κ2) is 12.4. The fourth-order valence-corrected chi connectivity index (χ4v) is 6.03. The van der Waals surface area contributed by atoms with Crippen LogP contribution in [0.15, 0.2) is 42.5 Å². The molecule has 3 atom stereocenters. The van der Waals surface area contributed by atoms with Gasteiger partial charge in [0.05, 0.1) is 14.2 Å². The van der Waals surface area contributed by atoms with Gasteiger partial charge in [-0.1, -0.05) is 24.9 Å². The lowest BCUT2D eigenvalue weighted by Crippen LogP contribution is -2.60. The van der Waals surface area contributed by atoms with E-state index in [1.54, 1.807) is 56.7 Å². The Bertz CT molecular complexity index is 1100. The van der Waals surface area contributed by atoms with Crippen molar-refractivity contribution >= 4 is 29.1 Å². The molecule has 2 amide bonds. The van der Waals surface area contributed by atoms with Crippen LogP contribution >= 0.6 is 11.6 Å². The average Bonchev–Trinajstić information content (AvgIpc) is 2.95. The first-order valence-electron chi connectivity index (χ1n) is 13.6. The molecule has 4 rings (SSSR count). The van der Waals surface area contributed by atoms with Gasteiger partial charge in [0.2, 0.25) is 5.91 Å². The van der Waals surface area contributed by atoms with E-state index in [9.17, 15) is 9.59 Å². The maximum Gasteiger partial charge on any atom is 0.254 e. The number of hydrogen-bond acceptors (Lipinski definition) is 5. The normalized spacial score (nSPS) is 21.1. The summed E-state index contributed by atoms with van der Waals surface area (Å²) in [5, 5.41) is 3.62. The van der Waals surface area contributed by atoms with Crippen LogP contribution in [0.25, 0.3) is 0 Å². The van der Waals surface area contributed by atoms with E-state index in [0.717, 1.165) is 32.4 Å². The number of methoxy groups -OCH3 is 2. The molecule has 2 aromatic rings. The molecule has 2 fully saturated rings. The molecule has 1 N–H and O–H groups in total. The van der Waals surface area contributed by atoms with E-state index in [1.807, 2.05) is 18.7 Å². The summed E-state index contributed by atoms with van der Waals surface area (Å²) in [7, 11) is 3.14. The lowest BCUT2D eigenvalue weighted by molar-refractivity contribution is -0.126. The minimum absolute atomic E-state index is 0.155. The molecule has 0 bridgehead atoms. The first kappa shape index (κ1) is 28.2. The average molecular weight is 542 g/mol. The number of anilines is 1. The van der Waals surface area contributed by atoms with Crippen LogP contribution in [0.2, 0.25) is 5.02 Å². The Kier molecular flexibility index (Phi) is 9.21. The zero-order valence-corrected chi connectivity index (χ0v) is 23.7. The molecule has 2 aliphatic heterocycles. The molecule has 0 unspecified atom stereocenters. The number of rotatable bonds is 9. The predicted molar refractivity (Wildman–Crippen MR) is 151 cm³/mol. The Labute approximate surface area is 231 Å². The highest BCUT2D eigenvalue weighted by molar-refractivity contribution is 6.30. The predicted octanol–water partition coefficient (Wildman–Crippen LogP) is 5.87. The molecule has 2 aliphatic rings. The van der Waals surface area contributed by atoms with E-state index < -0.39 is 5.54 Å². The van der Waals surface area contributed by atoms with E-state index in [1.165, 1.54) is 12.8 Å². The number of nitrogens with zero attached hydrogens (tertiary/aromatic N) is 2. The Balaban J connectivity index is 1.67. The molecule has 0 radical (unpaired) electrons. The molecule has 8 heteroatoms. The van der Waals surface area contributed by atoms with Gasteiger partial charge in [-0.05, 0) is 82.3 Å². The second-order valence-corrected chi connectivity index (χ2v) is 11.0. The standard InChI is InChI=1S/C30H40ClN3O4/c1-5-30(2,29(36)32-24-17-25(37-3)19-26(18-24)38-4)34(28(35)21-11-13-23(31)14-12-21)20-22-9-8-16-33-15-7-6-10-27(22)33/h11-14,17-19,22,27H,5-10,15-16,20H2,1-4H3,(H,32,36)/t22-,27+,30-/m1/s1. The molecular formula is C30H40ClN3O4. The number of halogens is 1. The van der Waals surface area contributed by atoms with Crippen LogP contribution in [0.4, 0.5) is 5.69 Å². The van der Waals surface area contributed by atoms with Crippen LogP contribution in [0.3, 0.4) is 0 Å². The number of fused-ring (bicyclic) bond motifs is 1. The fraction of sp³-hybridized carbons (Fsp3) is 0.533. The zero-order valence-electron chi connectivity index (χ0n) is 23.0. The fourth-order valence-electron chi connectivity index (χ4n) is 5.90. The van der Waals surface area contributed by atoms with Crippen molar-refractivity contribution in [3.8, 4) is 11.5 Å². The molecule has 7 nitrogen and oxygen atoms in total. The highest BCUT2D eigenvalue weighted by Crippen LogP contribution is 2.35. The van der Waals surface area contributed by atoms with E-state index in [4.69, 9.17) is 21.1 Å². The van der Waals surface area contributed by atoms with Gasteiger partial charge in [0.15, 0.2) is 0 Å². The van der Waals surface area contributed by atoms with Crippen molar-refractivity contribution in [2.24, 2.45) is 5.92 Å². The summed E-state index contributed by atoms with van der Waals surface area (Å²) < 4.78 is 10.8. The smallest absolute Gasteiger partial charge is 0.254 e. The summed E-state index contributed by atoms with van der Waals surface area (Å²) in [6.45, 7) is 6.60. The minimum atomic E-state index is -1.08. The van der Waals surface area contributed by atoms with Crippen LogP contribution in [-0.2, 0) is 4.79 Å². The Morgan fingerprint density at radius 1 is 1.03 bits per heavy atom. The van der Waals surface area contributed by atoms with Gasteiger partial charge in [-0.15, -0.1) is 0 Å². The number of hydrogen-bond donors (Lipinski definition) is 1. The van der Waals surface area contributed by atoms with Gasteiger partial charge in [0.25, 0.3) is 5.91 Å². The number of nitrogens with one attached hydrogen (secondary N) is 1. The Morgan fingerprint density at radius 3 is 2.32 bits per heavy atom. The van der Waals surface area contributed by atoms with Crippen LogP contribution in [0.5, 0.6) is 11.5 Å². The summed E-state index contributed by atoms with van der Waals surface area (Å²) in [5.41, 5.74) is 0.00591. The molecule has 206 valence electrons. The monoisotopic (exact) mass is 541 g/mol. The highest BCUT2D eigenvalue weighted by Gasteiger charge is 2.44. The van der Waals surface area contributed by atoms with E-state index >= 15 is 0 Å². The number of ether oxygens (including phenoxy) is 2. The second-order valence-electron chi connectivity index (χ2n) is 10.6. The maximum atomic E-state index is 14.1. The van der Waals surface area contributed by atoms with E-state index in [2.05, 4.69) is 10.2 Å². The van der Waals surface area contributed by atoms with Crippen molar-refractivity contribution in [1.82, 2.24) is 9.80 Å². The van der Waals surface area contributed by atoms with Crippen molar-refractivity contribution in [3.05, 3.63) is 53.1 Å². The summed E-state index contributed by atoms with van der Waals surface area (Å²) in [6.07, 6.45) is 6.22. The quantitative estimate of drug-likeness (QED) is 0.430. The summed E-state index contributed by atoms with van der Waals surface area (Å²) in [6, 6.07) is 12.6. The van der Waals surface area contributed by atoms with Crippen molar-refractivity contribution in [1.29, 1.82) is 0 Å². The Morgan fingerprint density at radius 2 is 1.68 bits per heavy atom. The third-order valence-corrected chi connectivity index (χ3v) is 8.62. The van der Waals surface area contributed by atoms with Gasteiger partial charge in [0.1, 0.15) is 17.0 Å². The number of benzene rings is 2. The van der Waals surface area contributed by atoms with Gasteiger partial charge >= 0.3 is 0 Å². The van der Waals surface area contributed by atoms with E-state index in [0.29, 0.717) is 52.7 Å². The lowest BCUT2D eigenvalue weighted by atomic mass is 9.81. The van der Waals surface area contributed by atoms with E-state index in [-0.39, 0.29) is 11.8 Å². The highest BCUT2D eigenvalue weighted by atomic mass is 35.5. The summed E-state index contributed by atoms with van der Waals surface area (Å²) in [4.78, 5) is 32.5. The molecule has 2 saturated heterocycles. The number of carbonyl (C=O) groups excluding carboxylic acids is 2. The lowest BCUT2D eigenvalue weighted by Gasteiger charge is -2.48. The van der Waals surface area contributed by atoms with Crippen LogP contribution in [0, 0.1) is 5.92 Å². The largest absolute Gasteiger partial charge is 0.497 e. The van der Waals surface area contributed by atoms with Gasteiger partial charge in [-0.2, -0.15) is 0 Å². The van der Waals surface area contributed by atoms with Crippen LogP contribution in [-0.4, -0.2) is 67.0 Å². The minimum Gasteiger partial charge on any atom is -0.497 e. The van der Waals surface area contributed by atoms with Crippen molar-refractivity contribution < 1.29 is 19.1 Å². The third kappa shape index (κ3) is 6.10. The summed E-state index contributed by atoms with van der Waals surface area (Å²) >= 11 is 6.12. The van der Waals surface area contributed by atoms with Crippen LogP contribution < -0.4 is 14.8 Å². The number of piperidine rings is 2.